The summed E-state index contributed by atoms with van der Waals surface area (Å²) in [7, 11) is 0. The Bertz CT molecular complexity index is 532. The van der Waals surface area contributed by atoms with Crippen LogP contribution < -0.4 is 10.1 Å². The van der Waals surface area contributed by atoms with Gasteiger partial charge in [-0.2, -0.15) is 0 Å². The highest BCUT2D eigenvalue weighted by atomic mass is 35.5. The molecule has 1 saturated carbocycles. The number of carbonyl (C=O) groups is 1. The number of fused-ring (bicyclic) bond motifs is 1. The first-order valence-electron chi connectivity index (χ1n) is 7.85. The summed E-state index contributed by atoms with van der Waals surface area (Å²) in [5.41, 5.74) is 1.03. The lowest BCUT2D eigenvalue weighted by Crippen LogP contribution is -2.46. The Kier molecular flexibility index (Phi) is 4.39. The van der Waals surface area contributed by atoms with Gasteiger partial charge in [-0.25, -0.2) is 0 Å². The molecule has 1 N–H and O–H groups in total. The molecule has 21 heavy (non-hydrogen) atoms. The van der Waals surface area contributed by atoms with Gasteiger partial charge in [0.15, 0.2) is 0 Å². The van der Waals surface area contributed by atoms with Crippen molar-refractivity contribution in [2.75, 3.05) is 6.61 Å². The zero-order valence-corrected chi connectivity index (χ0v) is 13.2. The highest BCUT2D eigenvalue weighted by Gasteiger charge is 2.29. The monoisotopic (exact) mass is 307 g/mol. The fourth-order valence-corrected chi connectivity index (χ4v) is 3.56. The van der Waals surface area contributed by atoms with E-state index >= 15 is 0 Å². The molecule has 1 aromatic rings. The van der Waals surface area contributed by atoms with E-state index in [1.54, 1.807) is 0 Å². The summed E-state index contributed by atoms with van der Waals surface area (Å²) in [5.74, 6) is 1.45. The Morgan fingerprint density at radius 2 is 2.14 bits per heavy atom. The van der Waals surface area contributed by atoms with Gasteiger partial charge in [0.1, 0.15) is 12.4 Å². The molecule has 0 radical (unpaired) electrons. The van der Waals surface area contributed by atoms with Crippen LogP contribution in [0.2, 0.25) is 5.02 Å². The molecular formula is C17H22ClNO2. The van der Waals surface area contributed by atoms with E-state index in [0.29, 0.717) is 30.0 Å². The van der Waals surface area contributed by atoms with Gasteiger partial charge >= 0.3 is 0 Å². The first kappa shape index (κ1) is 14.7. The van der Waals surface area contributed by atoms with Crippen LogP contribution in [0.3, 0.4) is 0 Å². The topological polar surface area (TPSA) is 38.3 Å². The van der Waals surface area contributed by atoms with E-state index in [1.165, 1.54) is 19.3 Å². The van der Waals surface area contributed by atoms with Gasteiger partial charge in [0, 0.05) is 11.1 Å². The molecule has 1 heterocycles. The predicted molar refractivity (Wildman–Crippen MR) is 83.7 cm³/mol. The predicted octanol–water partition coefficient (Wildman–Crippen LogP) is 3.59. The van der Waals surface area contributed by atoms with Crippen molar-refractivity contribution in [1.82, 2.24) is 5.32 Å². The third-order valence-corrected chi connectivity index (χ3v) is 4.97. The Labute approximate surface area is 131 Å². The molecule has 0 bridgehead atoms. The maximum absolute atomic E-state index is 12.5. The van der Waals surface area contributed by atoms with Crippen molar-refractivity contribution in [3.8, 4) is 5.75 Å². The Morgan fingerprint density at radius 3 is 2.95 bits per heavy atom. The summed E-state index contributed by atoms with van der Waals surface area (Å²) in [6, 6.07) is 5.94. The van der Waals surface area contributed by atoms with Gasteiger partial charge in [-0.15, -0.1) is 0 Å². The van der Waals surface area contributed by atoms with Crippen LogP contribution in [0.5, 0.6) is 5.75 Å². The number of rotatable bonds is 2. The molecule has 4 heteroatoms. The SMILES string of the molecule is C[C@@H]1CCCC[C@@H]1NC(=O)[C@H]1COc2ccc(Cl)cc2C1. The summed E-state index contributed by atoms with van der Waals surface area (Å²) in [5, 5.41) is 3.93. The van der Waals surface area contributed by atoms with Crippen LogP contribution in [0.25, 0.3) is 0 Å². The lowest BCUT2D eigenvalue weighted by atomic mass is 9.85. The van der Waals surface area contributed by atoms with Gasteiger partial charge in [0.2, 0.25) is 5.91 Å². The molecular weight excluding hydrogens is 286 g/mol. The number of ether oxygens (including phenoxy) is 1. The fourth-order valence-electron chi connectivity index (χ4n) is 3.36. The Morgan fingerprint density at radius 1 is 1.33 bits per heavy atom. The molecule has 3 rings (SSSR count). The second kappa shape index (κ2) is 6.27. The minimum Gasteiger partial charge on any atom is -0.492 e. The van der Waals surface area contributed by atoms with Gasteiger partial charge in [-0.3, -0.25) is 4.79 Å². The number of amides is 1. The van der Waals surface area contributed by atoms with Crippen LogP contribution in [0.4, 0.5) is 0 Å². The van der Waals surface area contributed by atoms with Gasteiger partial charge in [0.25, 0.3) is 0 Å². The van der Waals surface area contributed by atoms with Crippen LogP contribution in [-0.4, -0.2) is 18.6 Å². The summed E-state index contributed by atoms with van der Waals surface area (Å²) >= 11 is 6.02. The summed E-state index contributed by atoms with van der Waals surface area (Å²) in [6.45, 7) is 2.69. The van der Waals surface area contributed by atoms with E-state index in [9.17, 15) is 4.79 Å². The van der Waals surface area contributed by atoms with Crippen molar-refractivity contribution in [2.45, 2.75) is 45.1 Å². The van der Waals surface area contributed by atoms with Crippen LogP contribution in [0.15, 0.2) is 18.2 Å². The molecule has 0 aromatic heterocycles. The van der Waals surface area contributed by atoms with Gasteiger partial charge in [0.05, 0.1) is 5.92 Å². The second-order valence-electron chi connectivity index (χ2n) is 6.34. The second-order valence-corrected chi connectivity index (χ2v) is 6.78. The van der Waals surface area contributed by atoms with Gasteiger partial charge in [-0.1, -0.05) is 31.4 Å². The summed E-state index contributed by atoms with van der Waals surface area (Å²) in [4.78, 5) is 12.5. The summed E-state index contributed by atoms with van der Waals surface area (Å²) in [6.07, 6.45) is 5.52. The molecule has 0 unspecified atom stereocenters. The van der Waals surface area contributed by atoms with E-state index in [1.807, 2.05) is 18.2 Å². The van der Waals surface area contributed by atoms with Crippen molar-refractivity contribution < 1.29 is 9.53 Å². The number of hydrogen-bond acceptors (Lipinski definition) is 2. The van der Waals surface area contributed by atoms with Crippen molar-refractivity contribution >= 4 is 17.5 Å². The molecule has 1 amide bonds. The first-order chi connectivity index (χ1) is 10.1. The molecule has 3 atom stereocenters. The van der Waals surface area contributed by atoms with E-state index in [2.05, 4.69) is 12.2 Å². The third kappa shape index (κ3) is 3.34. The molecule has 1 aliphatic carbocycles. The molecule has 0 saturated heterocycles. The fraction of sp³-hybridized carbons (Fsp3) is 0.588. The normalized spacial score (nSPS) is 28.4. The van der Waals surface area contributed by atoms with Crippen LogP contribution in [0, 0.1) is 11.8 Å². The average molecular weight is 308 g/mol. The van der Waals surface area contributed by atoms with Crippen molar-refractivity contribution in [3.05, 3.63) is 28.8 Å². The molecule has 2 aliphatic rings. The first-order valence-corrected chi connectivity index (χ1v) is 8.23. The molecule has 1 aliphatic heterocycles. The van der Waals surface area contributed by atoms with Crippen LogP contribution >= 0.6 is 11.6 Å². The van der Waals surface area contributed by atoms with Gasteiger partial charge < -0.3 is 10.1 Å². The largest absolute Gasteiger partial charge is 0.492 e. The zero-order chi connectivity index (χ0) is 14.8. The molecule has 3 nitrogen and oxygen atoms in total. The highest BCUT2D eigenvalue weighted by molar-refractivity contribution is 6.30. The number of hydrogen-bond donors (Lipinski definition) is 1. The maximum atomic E-state index is 12.5. The number of halogens is 1. The van der Waals surface area contributed by atoms with E-state index < -0.39 is 0 Å². The van der Waals surface area contributed by atoms with E-state index in [4.69, 9.17) is 16.3 Å². The summed E-state index contributed by atoms with van der Waals surface area (Å²) < 4.78 is 5.71. The Balaban J connectivity index is 1.63. The molecule has 0 spiro atoms. The van der Waals surface area contributed by atoms with E-state index in [0.717, 1.165) is 17.7 Å². The van der Waals surface area contributed by atoms with Crippen molar-refractivity contribution in [2.24, 2.45) is 11.8 Å². The number of nitrogens with one attached hydrogen (secondary N) is 1. The lowest BCUT2D eigenvalue weighted by molar-refractivity contribution is -0.127. The van der Waals surface area contributed by atoms with Crippen LogP contribution in [0.1, 0.15) is 38.2 Å². The third-order valence-electron chi connectivity index (χ3n) is 4.74. The van der Waals surface area contributed by atoms with Crippen molar-refractivity contribution in [3.63, 3.8) is 0 Å². The molecule has 1 fully saturated rings. The van der Waals surface area contributed by atoms with Gasteiger partial charge in [-0.05, 0) is 48.9 Å². The van der Waals surface area contributed by atoms with E-state index in [-0.39, 0.29) is 11.8 Å². The highest BCUT2D eigenvalue weighted by Crippen LogP contribution is 2.30. The number of benzene rings is 1. The average Bonchev–Trinajstić information content (AvgIpc) is 2.48. The maximum Gasteiger partial charge on any atom is 0.227 e. The zero-order valence-electron chi connectivity index (χ0n) is 12.4. The minimum absolute atomic E-state index is 0.106. The Hall–Kier alpha value is -1.22. The smallest absolute Gasteiger partial charge is 0.227 e. The lowest BCUT2D eigenvalue weighted by Gasteiger charge is -2.32. The van der Waals surface area contributed by atoms with Crippen molar-refractivity contribution in [1.29, 1.82) is 0 Å². The quantitative estimate of drug-likeness (QED) is 0.907. The minimum atomic E-state index is -0.106. The number of carbonyl (C=O) groups excluding carboxylic acids is 1. The van der Waals surface area contributed by atoms with Crippen LogP contribution in [-0.2, 0) is 11.2 Å². The standard InChI is InChI=1S/C17H22ClNO2/c1-11-4-2-3-5-15(11)19-17(20)13-8-12-9-14(18)6-7-16(12)21-10-13/h6-7,9,11,13,15H,2-5,8,10H2,1H3,(H,19,20)/t11-,13-,15+/m1/s1. The molecule has 1 aromatic carbocycles. The molecule has 114 valence electrons.